The maximum atomic E-state index is 2.31. The molecule has 1 aliphatic carbocycles. The van der Waals surface area contributed by atoms with Gasteiger partial charge < -0.3 is 0 Å². The molecule has 0 saturated heterocycles. The number of allylic oxidation sites excluding steroid dienone is 1. The molecule has 1 unspecified atom stereocenters. The third-order valence-electron chi connectivity index (χ3n) is 4.02. The minimum Gasteiger partial charge on any atom is -0.0766 e. The SMILES string of the molecule is CC1C=Cc2c1c1ccccc1c1ccccc21. The highest BCUT2D eigenvalue weighted by Gasteiger charge is 2.19. The molecule has 0 heteroatoms. The Morgan fingerprint density at radius 3 is 2.00 bits per heavy atom. The molecule has 0 aliphatic heterocycles. The van der Waals surface area contributed by atoms with Gasteiger partial charge in [-0.3, -0.25) is 0 Å². The molecule has 0 radical (unpaired) electrons. The van der Waals surface area contributed by atoms with E-state index < -0.39 is 0 Å². The Hall–Kier alpha value is -2.08. The molecule has 0 fully saturated rings. The van der Waals surface area contributed by atoms with Gasteiger partial charge in [-0.1, -0.05) is 67.6 Å². The average Bonchev–Trinajstić information content (AvgIpc) is 2.82. The molecule has 3 aromatic carbocycles. The molecule has 86 valence electrons. The highest BCUT2D eigenvalue weighted by Crippen LogP contribution is 2.41. The Bertz CT molecular complexity index is 794. The minimum atomic E-state index is 0.523. The summed E-state index contributed by atoms with van der Waals surface area (Å²) in [6.45, 7) is 2.28. The lowest BCUT2D eigenvalue weighted by molar-refractivity contribution is 1.00. The lowest BCUT2D eigenvalue weighted by Gasteiger charge is -2.13. The van der Waals surface area contributed by atoms with Crippen molar-refractivity contribution in [3.63, 3.8) is 0 Å². The first-order valence-electron chi connectivity index (χ1n) is 6.48. The molecule has 0 N–H and O–H groups in total. The van der Waals surface area contributed by atoms with Crippen LogP contribution in [0, 0.1) is 0 Å². The van der Waals surface area contributed by atoms with E-state index in [0.29, 0.717) is 5.92 Å². The first-order valence-corrected chi connectivity index (χ1v) is 6.48. The fraction of sp³-hybridized carbons (Fsp3) is 0.111. The number of hydrogen-bond acceptors (Lipinski definition) is 0. The van der Waals surface area contributed by atoms with Crippen molar-refractivity contribution in [2.24, 2.45) is 0 Å². The molecular formula is C18H14. The second kappa shape index (κ2) is 3.46. The first kappa shape index (κ1) is 9.90. The standard InChI is InChI=1S/C18H14/c1-12-10-11-17-15-8-3-2-6-13(15)14-7-4-5-9-16(14)18(12)17/h2-12H,1H3. The highest BCUT2D eigenvalue weighted by molar-refractivity contribution is 6.13. The maximum Gasteiger partial charge on any atom is 0.000522 e. The van der Waals surface area contributed by atoms with Crippen LogP contribution in [0.15, 0.2) is 54.6 Å². The van der Waals surface area contributed by atoms with E-state index in [1.165, 1.54) is 32.7 Å². The molecule has 18 heavy (non-hydrogen) atoms. The van der Waals surface area contributed by atoms with Gasteiger partial charge in [-0.25, -0.2) is 0 Å². The quantitative estimate of drug-likeness (QED) is 0.470. The maximum absolute atomic E-state index is 2.31. The number of rotatable bonds is 0. The van der Waals surface area contributed by atoms with Gasteiger partial charge in [0.15, 0.2) is 0 Å². The van der Waals surface area contributed by atoms with E-state index in [9.17, 15) is 0 Å². The fourth-order valence-electron chi connectivity index (χ4n) is 3.20. The zero-order chi connectivity index (χ0) is 12.1. The zero-order valence-corrected chi connectivity index (χ0v) is 10.4. The van der Waals surface area contributed by atoms with Crippen LogP contribution in [0.5, 0.6) is 0 Å². The van der Waals surface area contributed by atoms with Crippen molar-refractivity contribution in [2.75, 3.05) is 0 Å². The first-order chi connectivity index (χ1) is 8.86. The van der Waals surface area contributed by atoms with Crippen LogP contribution in [-0.4, -0.2) is 0 Å². The Morgan fingerprint density at radius 2 is 1.28 bits per heavy atom. The molecule has 0 heterocycles. The Balaban J connectivity index is 2.35. The molecule has 0 amide bonds. The molecule has 0 bridgehead atoms. The van der Waals surface area contributed by atoms with Gasteiger partial charge in [0, 0.05) is 5.92 Å². The second-order valence-corrected chi connectivity index (χ2v) is 5.07. The molecule has 3 aromatic rings. The Morgan fingerprint density at radius 1 is 0.722 bits per heavy atom. The minimum absolute atomic E-state index is 0.523. The van der Waals surface area contributed by atoms with Crippen molar-refractivity contribution in [3.8, 4) is 0 Å². The number of fused-ring (bicyclic) bond motifs is 6. The summed E-state index contributed by atoms with van der Waals surface area (Å²) in [6, 6.07) is 17.5. The fourth-order valence-corrected chi connectivity index (χ4v) is 3.20. The van der Waals surface area contributed by atoms with Gasteiger partial charge in [0.05, 0.1) is 0 Å². The normalized spacial score (nSPS) is 17.5. The summed E-state index contributed by atoms with van der Waals surface area (Å²) in [4.78, 5) is 0. The molecule has 1 atom stereocenters. The molecule has 1 aliphatic rings. The summed E-state index contributed by atoms with van der Waals surface area (Å²) >= 11 is 0. The highest BCUT2D eigenvalue weighted by atomic mass is 14.2. The van der Waals surface area contributed by atoms with Crippen molar-refractivity contribution < 1.29 is 0 Å². The van der Waals surface area contributed by atoms with E-state index in [-0.39, 0.29) is 0 Å². The van der Waals surface area contributed by atoms with Crippen molar-refractivity contribution in [3.05, 3.63) is 65.7 Å². The van der Waals surface area contributed by atoms with Crippen LogP contribution in [-0.2, 0) is 0 Å². The zero-order valence-electron chi connectivity index (χ0n) is 10.4. The van der Waals surface area contributed by atoms with Crippen molar-refractivity contribution in [1.29, 1.82) is 0 Å². The van der Waals surface area contributed by atoms with Crippen LogP contribution >= 0.6 is 0 Å². The largest absolute Gasteiger partial charge is 0.0766 e. The molecule has 0 spiro atoms. The van der Waals surface area contributed by atoms with Crippen LogP contribution in [0.3, 0.4) is 0 Å². The third kappa shape index (κ3) is 1.15. The summed E-state index contributed by atoms with van der Waals surface area (Å²) in [7, 11) is 0. The predicted molar refractivity (Wildman–Crippen MR) is 78.9 cm³/mol. The van der Waals surface area contributed by atoms with E-state index in [4.69, 9.17) is 0 Å². The third-order valence-corrected chi connectivity index (χ3v) is 4.02. The lowest BCUT2D eigenvalue weighted by atomic mass is 9.90. The Labute approximate surface area is 107 Å². The van der Waals surface area contributed by atoms with Gasteiger partial charge in [0.2, 0.25) is 0 Å². The van der Waals surface area contributed by atoms with Crippen LogP contribution in [0.2, 0.25) is 0 Å². The summed E-state index contributed by atoms with van der Waals surface area (Å²) in [5.41, 5.74) is 2.90. The van der Waals surface area contributed by atoms with Gasteiger partial charge >= 0.3 is 0 Å². The monoisotopic (exact) mass is 230 g/mol. The average molecular weight is 230 g/mol. The molecule has 0 aromatic heterocycles. The van der Waals surface area contributed by atoms with Crippen LogP contribution in [0.25, 0.3) is 27.6 Å². The summed E-state index contributed by atoms with van der Waals surface area (Å²) in [6.07, 6.45) is 4.60. The summed E-state index contributed by atoms with van der Waals surface area (Å²) in [5, 5.41) is 5.53. The Kier molecular flexibility index (Phi) is 1.90. The topological polar surface area (TPSA) is 0 Å². The number of benzene rings is 3. The van der Waals surface area contributed by atoms with E-state index in [0.717, 1.165) is 0 Å². The van der Waals surface area contributed by atoms with Gasteiger partial charge in [-0.2, -0.15) is 0 Å². The molecule has 4 rings (SSSR count). The summed E-state index contributed by atoms with van der Waals surface area (Å²) < 4.78 is 0. The summed E-state index contributed by atoms with van der Waals surface area (Å²) in [5.74, 6) is 0.523. The van der Waals surface area contributed by atoms with E-state index >= 15 is 0 Å². The van der Waals surface area contributed by atoms with Crippen LogP contribution in [0.1, 0.15) is 24.0 Å². The second-order valence-electron chi connectivity index (χ2n) is 5.07. The van der Waals surface area contributed by atoms with Gasteiger partial charge in [-0.05, 0) is 32.7 Å². The smallest absolute Gasteiger partial charge is 0.000522 e. The van der Waals surface area contributed by atoms with Gasteiger partial charge in [0.1, 0.15) is 0 Å². The van der Waals surface area contributed by atoms with Crippen LogP contribution < -0.4 is 0 Å². The molecular weight excluding hydrogens is 216 g/mol. The van der Waals surface area contributed by atoms with Crippen molar-refractivity contribution in [2.45, 2.75) is 12.8 Å². The predicted octanol–water partition coefficient (Wildman–Crippen LogP) is 5.12. The lowest BCUT2D eigenvalue weighted by Crippen LogP contribution is -1.92. The number of hydrogen-bond donors (Lipinski definition) is 0. The van der Waals surface area contributed by atoms with E-state index in [1.807, 2.05) is 0 Å². The molecule has 0 saturated carbocycles. The molecule has 0 nitrogen and oxygen atoms in total. The van der Waals surface area contributed by atoms with E-state index in [1.54, 1.807) is 0 Å². The van der Waals surface area contributed by atoms with E-state index in [2.05, 4.69) is 67.6 Å². The van der Waals surface area contributed by atoms with Crippen LogP contribution in [0.4, 0.5) is 0 Å². The van der Waals surface area contributed by atoms with Crippen molar-refractivity contribution in [1.82, 2.24) is 0 Å². The van der Waals surface area contributed by atoms with Crippen molar-refractivity contribution >= 4 is 27.6 Å². The van der Waals surface area contributed by atoms with Gasteiger partial charge in [0.25, 0.3) is 0 Å². The van der Waals surface area contributed by atoms with Gasteiger partial charge in [-0.15, -0.1) is 0 Å².